The molecule has 0 radical (unpaired) electrons. The molecule has 1 aromatic heterocycles. The van der Waals surface area contributed by atoms with Gasteiger partial charge in [-0.05, 0) is 36.8 Å². The molecule has 2 unspecified atom stereocenters. The molecular formula is C20H21FN4O2. The number of phenols is 1. The number of H-pyrrole nitrogens is 1. The van der Waals surface area contributed by atoms with Gasteiger partial charge in [0.15, 0.2) is 0 Å². The molecule has 1 fully saturated rings. The summed E-state index contributed by atoms with van der Waals surface area (Å²) < 4.78 is 13.3. The fourth-order valence-corrected chi connectivity index (χ4v) is 3.55. The van der Waals surface area contributed by atoms with E-state index in [9.17, 15) is 14.3 Å². The molecule has 0 spiro atoms. The van der Waals surface area contributed by atoms with Gasteiger partial charge in [-0.25, -0.2) is 15.2 Å². The molecule has 0 aliphatic carbocycles. The van der Waals surface area contributed by atoms with Crippen LogP contribution in [-0.2, 0) is 11.3 Å². The molecule has 7 heteroatoms. The second-order valence-corrected chi connectivity index (χ2v) is 6.91. The van der Waals surface area contributed by atoms with Crippen molar-refractivity contribution >= 4 is 16.8 Å². The number of aromatic hydroxyl groups is 1. The van der Waals surface area contributed by atoms with E-state index in [0.717, 1.165) is 22.2 Å². The highest BCUT2D eigenvalue weighted by molar-refractivity contribution is 5.83. The lowest BCUT2D eigenvalue weighted by Gasteiger charge is -2.20. The van der Waals surface area contributed by atoms with E-state index < -0.39 is 0 Å². The van der Waals surface area contributed by atoms with Crippen LogP contribution in [0.15, 0.2) is 48.5 Å². The molecule has 1 amide bonds. The Morgan fingerprint density at radius 1 is 1.22 bits per heavy atom. The van der Waals surface area contributed by atoms with Crippen molar-refractivity contribution in [2.75, 3.05) is 7.05 Å². The molecule has 0 bridgehead atoms. The average Bonchev–Trinajstić information content (AvgIpc) is 3.27. The molecule has 1 aliphatic heterocycles. The predicted molar refractivity (Wildman–Crippen MR) is 100 cm³/mol. The number of nitrogens with zero attached hydrogens (tertiary/aromatic N) is 1. The van der Waals surface area contributed by atoms with Crippen molar-refractivity contribution < 1.29 is 14.3 Å². The van der Waals surface area contributed by atoms with Crippen LogP contribution in [0.3, 0.4) is 0 Å². The van der Waals surface area contributed by atoms with Gasteiger partial charge in [0.05, 0.1) is 12.6 Å². The fourth-order valence-electron chi connectivity index (χ4n) is 3.55. The molecule has 2 aromatic carbocycles. The number of para-hydroxylation sites is 1. The number of amides is 1. The summed E-state index contributed by atoms with van der Waals surface area (Å²) in [6.45, 7) is 0.397. The van der Waals surface area contributed by atoms with Crippen LogP contribution in [0.1, 0.15) is 23.7 Å². The van der Waals surface area contributed by atoms with Crippen LogP contribution in [-0.4, -0.2) is 34.0 Å². The minimum Gasteiger partial charge on any atom is -0.508 e. The summed E-state index contributed by atoms with van der Waals surface area (Å²) >= 11 is 0. The number of carbonyl (C=O) groups is 1. The second kappa shape index (κ2) is 7.02. The van der Waals surface area contributed by atoms with Crippen LogP contribution in [0.5, 0.6) is 5.75 Å². The zero-order chi connectivity index (χ0) is 19.0. The maximum atomic E-state index is 13.3. The Morgan fingerprint density at radius 2 is 2.04 bits per heavy atom. The van der Waals surface area contributed by atoms with Gasteiger partial charge >= 0.3 is 0 Å². The summed E-state index contributed by atoms with van der Waals surface area (Å²) in [6, 6.07) is 13.0. The number of likely N-dealkylation sites (N-methyl/N-ethyl adjacent to an activating group) is 1. The SMILES string of the molecule is CN(Cc1cc2cc(F)ccc2[nH]1)C(=O)C1CC(c2ccccc2O)NN1. The lowest BCUT2D eigenvalue weighted by Crippen LogP contribution is -2.43. The third-order valence-electron chi connectivity index (χ3n) is 4.94. The number of nitrogens with one attached hydrogen (secondary N) is 3. The molecule has 6 nitrogen and oxygen atoms in total. The summed E-state index contributed by atoms with van der Waals surface area (Å²) in [5, 5.41) is 10.8. The maximum absolute atomic E-state index is 13.3. The fraction of sp³-hybridized carbons (Fsp3) is 0.250. The number of carbonyl (C=O) groups excluding carboxylic acids is 1. The quantitative estimate of drug-likeness (QED) is 0.571. The molecule has 2 atom stereocenters. The Kier molecular flexibility index (Phi) is 4.55. The number of hydrogen-bond acceptors (Lipinski definition) is 4. The largest absolute Gasteiger partial charge is 0.508 e. The van der Waals surface area contributed by atoms with Gasteiger partial charge in [-0.3, -0.25) is 4.79 Å². The summed E-state index contributed by atoms with van der Waals surface area (Å²) in [5.41, 5.74) is 8.55. The van der Waals surface area contributed by atoms with Crippen molar-refractivity contribution in [3.63, 3.8) is 0 Å². The van der Waals surface area contributed by atoms with Gasteiger partial charge in [-0.1, -0.05) is 18.2 Å². The number of aromatic nitrogens is 1. The van der Waals surface area contributed by atoms with E-state index in [-0.39, 0.29) is 29.6 Å². The first kappa shape index (κ1) is 17.5. The Morgan fingerprint density at radius 3 is 2.85 bits per heavy atom. The van der Waals surface area contributed by atoms with Crippen LogP contribution in [0.2, 0.25) is 0 Å². The molecule has 140 valence electrons. The van der Waals surface area contributed by atoms with E-state index in [0.29, 0.717) is 13.0 Å². The third kappa shape index (κ3) is 3.51. The van der Waals surface area contributed by atoms with Crippen molar-refractivity contribution in [3.05, 3.63) is 65.6 Å². The van der Waals surface area contributed by atoms with Crippen molar-refractivity contribution in [2.45, 2.75) is 25.0 Å². The molecule has 3 aromatic rings. The molecule has 4 rings (SSSR count). The summed E-state index contributed by atoms with van der Waals surface area (Å²) in [6.07, 6.45) is 0.540. The van der Waals surface area contributed by atoms with Crippen LogP contribution >= 0.6 is 0 Å². The third-order valence-corrected chi connectivity index (χ3v) is 4.94. The number of phenolic OH excluding ortho intramolecular Hbond substituents is 1. The number of halogens is 1. The Hall–Kier alpha value is -2.90. The number of rotatable bonds is 4. The Labute approximate surface area is 156 Å². The van der Waals surface area contributed by atoms with Crippen LogP contribution in [0.4, 0.5) is 4.39 Å². The first-order chi connectivity index (χ1) is 13.0. The van der Waals surface area contributed by atoms with Crippen LogP contribution < -0.4 is 10.9 Å². The second-order valence-electron chi connectivity index (χ2n) is 6.91. The number of benzene rings is 2. The summed E-state index contributed by atoms with van der Waals surface area (Å²) in [5.74, 6) is -0.122. The monoisotopic (exact) mass is 368 g/mol. The standard InChI is InChI=1S/C20H21FN4O2/c1-25(11-14-9-12-8-13(21)6-7-16(12)22-14)20(27)18-10-17(23-24-18)15-4-2-3-5-19(15)26/h2-9,17-18,22-24,26H,10-11H2,1H3. The summed E-state index contributed by atoms with van der Waals surface area (Å²) in [4.78, 5) is 17.6. The van der Waals surface area contributed by atoms with E-state index in [1.807, 2.05) is 18.2 Å². The number of hydrogen-bond donors (Lipinski definition) is 4. The van der Waals surface area contributed by atoms with Gasteiger partial charge in [0.1, 0.15) is 17.6 Å². The molecule has 1 saturated heterocycles. The Bertz CT molecular complexity index is 987. The van der Waals surface area contributed by atoms with Gasteiger partial charge in [0, 0.05) is 29.2 Å². The highest BCUT2D eigenvalue weighted by Crippen LogP contribution is 2.29. The van der Waals surface area contributed by atoms with E-state index in [1.54, 1.807) is 30.1 Å². The molecule has 0 saturated carbocycles. The van der Waals surface area contributed by atoms with E-state index >= 15 is 0 Å². The van der Waals surface area contributed by atoms with Crippen molar-refractivity contribution in [3.8, 4) is 5.75 Å². The lowest BCUT2D eigenvalue weighted by atomic mass is 10.0. The normalized spacial score (nSPS) is 19.5. The van der Waals surface area contributed by atoms with Crippen LogP contribution in [0.25, 0.3) is 10.9 Å². The minimum atomic E-state index is -0.388. The lowest BCUT2D eigenvalue weighted by molar-refractivity contribution is -0.132. The number of hydrazine groups is 1. The zero-order valence-electron chi connectivity index (χ0n) is 14.9. The van der Waals surface area contributed by atoms with E-state index in [1.165, 1.54) is 12.1 Å². The van der Waals surface area contributed by atoms with Gasteiger partial charge in [0.2, 0.25) is 5.91 Å². The molecule has 4 N–H and O–H groups in total. The van der Waals surface area contributed by atoms with Gasteiger partial charge in [-0.2, -0.15) is 0 Å². The van der Waals surface area contributed by atoms with Crippen molar-refractivity contribution in [1.82, 2.24) is 20.7 Å². The van der Waals surface area contributed by atoms with E-state index in [2.05, 4.69) is 15.8 Å². The average molecular weight is 368 g/mol. The van der Waals surface area contributed by atoms with Crippen molar-refractivity contribution in [2.24, 2.45) is 0 Å². The molecule has 27 heavy (non-hydrogen) atoms. The number of fused-ring (bicyclic) bond motifs is 1. The maximum Gasteiger partial charge on any atom is 0.241 e. The first-order valence-corrected chi connectivity index (χ1v) is 8.82. The van der Waals surface area contributed by atoms with Gasteiger partial charge in [0.25, 0.3) is 0 Å². The molecular weight excluding hydrogens is 347 g/mol. The molecule has 2 heterocycles. The number of aromatic amines is 1. The topological polar surface area (TPSA) is 80.4 Å². The smallest absolute Gasteiger partial charge is 0.241 e. The highest BCUT2D eigenvalue weighted by atomic mass is 19.1. The predicted octanol–water partition coefficient (Wildman–Crippen LogP) is 2.58. The highest BCUT2D eigenvalue weighted by Gasteiger charge is 2.33. The zero-order valence-corrected chi connectivity index (χ0v) is 14.9. The minimum absolute atomic E-state index is 0.0507. The van der Waals surface area contributed by atoms with Gasteiger partial charge < -0.3 is 15.0 Å². The van der Waals surface area contributed by atoms with Crippen LogP contribution in [0, 0.1) is 5.82 Å². The summed E-state index contributed by atoms with van der Waals surface area (Å²) in [7, 11) is 1.74. The van der Waals surface area contributed by atoms with Crippen molar-refractivity contribution in [1.29, 1.82) is 0 Å². The first-order valence-electron chi connectivity index (χ1n) is 8.82. The Balaban J connectivity index is 1.42. The molecule has 1 aliphatic rings. The van der Waals surface area contributed by atoms with Gasteiger partial charge in [-0.15, -0.1) is 0 Å². The van der Waals surface area contributed by atoms with E-state index in [4.69, 9.17) is 0 Å².